The lowest BCUT2D eigenvalue weighted by Crippen LogP contribution is -2.07. The lowest BCUT2D eigenvalue weighted by atomic mass is 9.96. The van der Waals surface area contributed by atoms with Gasteiger partial charge in [0.25, 0.3) is 0 Å². The molecule has 1 aliphatic rings. The first-order valence-electron chi connectivity index (χ1n) is 5.27. The van der Waals surface area contributed by atoms with Gasteiger partial charge >= 0.3 is 0 Å². The number of benzene rings is 1. The van der Waals surface area contributed by atoms with E-state index >= 15 is 0 Å². The monoisotopic (exact) mass is 226 g/mol. The molecule has 1 aliphatic heterocycles. The van der Waals surface area contributed by atoms with Crippen molar-refractivity contribution in [1.82, 2.24) is 0 Å². The van der Waals surface area contributed by atoms with Gasteiger partial charge in [-0.3, -0.25) is 0 Å². The molecule has 82 valence electrons. The van der Waals surface area contributed by atoms with Gasteiger partial charge in [0.05, 0.1) is 6.10 Å². The Morgan fingerprint density at radius 1 is 1.47 bits per heavy atom. The summed E-state index contributed by atoms with van der Waals surface area (Å²) in [5.41, 5.74) is 0.825. The maximum absolute atomic E-state index is 10.0. The van der Waals surface area contributed by atoms with Gasteiger partial charge in [-0.15, -0.1) is 0 Å². The van der Waals surface area contributed by atoms with Crippen LogP contribution in [0.25, 0.3) is 0 Å². The highest BCUT2D eigenvalue weighted by Gasteiger charge is 2.21. The van der Waals surface area contributed by atoms with E-state index in [0.29, 0.717) is 10.9 Å². The van der Waals surface area contributed by atoms with Gasteiger partial charge in [0.1, 0.15) is 0 Å². The minimum absolute atomic E-state index is 0.467. The van der Waals surface area contributed by atoms with Gasteiger partial charge in [-0.05, 0) is 30.4 Å². The summed E-state index contributed by atoms with van der Waals surface area (Å²) >= 11 is 6.01. The van der Waals surface area contributed by atoms with Crippen LogP contribution < -0.4 is 0 Å². The Labute approximate surface area is 94.8 Å². The lowest BCUT2D eigenvalue weighted by molar-refractivity contribution is 0.129. The predicted molar refractivity (Wildman–Crippen MR) is 60.0 cm³/mol. The van der Waals surface area contributed by atoms with Crippen LogP contribution in [-0.4, -0.2) is 18.3 Å². The van der Waals surface area contributed by atoms with Crippen LogP contribution in [0.4, 0.5) is 0 Å². The smallest absolute Gasteiger partial charge is 0.0807 e. The van der Waals surface area contributed by atoms with Gasteiger partial charge in [0.2, 0.25) is 0 Å². The predicted octanol–water partition coefficient (Wildman–Crippen LogP) is 2.80. The molecule has 0 saturated carbocycles. The number of aliphatic hydroxyl groups is 1. The summed E-state index contributed by atoms with van der Waals surface area (Å²) in [5.74, 6) is 0.469. The van der Waals surface area contributed by atoms with Gasteiger partial charge in [-0.25, -0.2) is 0 Å². The molecule has 2 rings (SSSR count). The Morgan fingerprint density at radius 3 is 2.93 bits per heavy atom. The maximum atomic E-state index is 10.0. The first-order chi connectivity index (χ1) is 7.27. The third kappa shape index (κ3) is 2.71. The minimum atomic E-state index is -0.467. The second kappa shape index (κ2) is 4.97. The number of hydrogen-bond acceptors (Lipinski definition) is 2. The number of rotatable bonds is 3. The highest BCUT2D eigenvalue weighted by atomic mass is 35.5. The average molecular weight is 227 g/mol. The fourth-order valence-electron chi connectivity index (χ4n) is 1.96. The molecule has 1 aromatic carbocycles. The van der Waals surface area contributed by atoms with Gasteiger partial charge in [-0.1, -0.05) is 29.8 Å². The van der Waals surface area contributed by atoms with Crippen molar-refractivity contribution < 1.29 is 9.84 Å². The van der Waals surface area contributed by atoms with Crippen LogP contribution in [0.1, 0.15) is 24.5 Å². The Bertz CT molecular complexity index is 321. The largest absolute Gasteiger partial charge is 0.388 e. The van der Waals surface area contributed by atoms with E-state index in [1.165, 1.54) is 0 Å². The van der Waals surface area contributed by atoms with Crippen LogP contribution in [0.3, 0.4) is 0 Å². The standard InChI is InChI=1S/C12H15ClO2/c13-11-4-2-1-3-10(11)12(14)7-9-5-6-15-8-9/h1-4,9,12,14H,5-8H2. The fourth-order valence-corrected chi connectivity index (χ4v) is 2.22. The molecule has 1 aromatic rings. The van der Waals surface area contributed by atoms with Gasteiger partial charge in [0, 0.05) is 18.2 Å². The summed E-state index contributed by atoms with van der Waals surface area (Å²) < 4.78 is 5.28. The molecule has 2 unspecified atom stereocenters. The highest BCUT2D eigenvalue weighted by Crippen LogP contribution is 2.30. The Balaban J connectivity index is 2.00. The summed E-state index contributed by atoms with van der Waals surface area (Å²) in [6.07, 6.45) is 1.32. The number of hydrogen-bond donors (Lipinski definition) is 1. The van der Waals surface area contributed by atoms with Gasteiger partial charge in [-0.2, -0.15) is 0 Å². The van der Waals surface area contributed by atoms with Crippen molar-refractivity contribution in [3.8, 4) is 0 Å². The molecule has 1 fully saturated rings. The minimum Gasteiger partial charge on any atom is -0.388 e. The maximum Gasteiger partial charge on any atom is 0.0807 e. The molecular weight excluding hydrogens is 212 g/mol. The second-order valence-electron chi connectivity index (χ2n) is 4.00. The summed E-state index contributed by atoms with van der Waals surface area (Å²) in [4.78, 5) is 0. The van der Waals surface area contributed by atoms with E-state index in [9.17, 15) is 5.11 Å². The third-order valence-corrected chi connectivity index (χ3v) is 3.19. The quantitative estimate of drug-likeness (QED) is 0.859. The highest BCUT2D eigenvalue weighted by molar-refractivity contribution is 6.31. The van der Waals surface area contributed by atoms with Crippen molar-refractivity contribution in [3.63, 3.8) is 0 Å². The van der Waals surface area contributed by atoms with E-state index in [1.807, 2.05) is 24.3 Å². The number of halogens is 1. The molecule has 15 heavy (non-hydrogen) atoms. The molecule has 1 N–H and O–H groups in total. The molecule has 0 aromatic heterocycles. The molecular formula is C12H15ClO2. The molecule has 3 heteroatoms. The zero-order valence-electron chi connectivity index (χ0n) is 8.53. The molecule has 0 bridgehead atoms. The van der Waals surface area contributed by atoms with Crippen LogP contribution in [0.5, 0.6) is 0 Å². The molecule has 1 saturated heterocycles. The van der Waals surface area contributed by atoms with Gasteiger partial charge in [0.15, 0.2) is 0 Å². The fraction of sp³-hybridized carbons (Fsp3) is 0.500. The van der Waals surface area contributed by atoms with Crippen molar-refractivity contribution in [3.05, 3.63) is 34.9 Å². The zero-order valence-corrected chi connectivity index (χ0v) is 9.28. The van der Waals surface area contributed by atoms with Crippen molar-refractivity contribution in [2.45, 2.75) is 18.9 Å². The Morgan fingerprint density at radius 2 is 2.27 bits per heavy atom. The number of aliphatic hydroxyl groups excluding tert-OH is 1. The third-order valence-electron chi connectivity index (χ3n) is 2.84. The molecule has 0 radical (unpaired) electrons. The molecule has 0 spiro atoms. The Kier molecular flexibility index (Phi) is 3.62. The topological polar surface area (TPSA) is 29.5 Å². The van der Waals surface area contributed by atoms with Crippen LogP contribution in [0, 0.1) is 5.92 Å². The van der Waals surface area contributed by atoms with Crippen LogP contribution in [0.2, 0.25) is 5.02 Å². The van der Waals surface area contributed by atoms with Crippen molar-refractivity contribution >= 4 is 11.6 Å². The van der Waals surface area contributed by atoms with Crippen molar-refractivity contribution in [2.24, 2.45) is 5.92 Å². The van der Waals surface area contributed by atoms with Gasteiger partial charge < -0.3 is 9.84 Å². The molecule has 0 amide bonds. The lowest BCUT2D eigenvalue weighted by Gasteiger charge is -2.15. The molecule has 2 atom stereocenters. The normalized spacial score (nSPS) is 22.9. The SMILES string of the molecule is OC(CC1CCOC1)c1ccccc1Cl. The second-order valence-corrected chi connectivity index (χ2v) is 4.41. The zero-order chi connectivity index (χ0) is 10.7. The van der Waals surface area contributed by atoms with Crippen LogP contribution in [-0.2, 0) is 4.74 Å². The van der Waals surface area contributed by atoms with E-state index in [4.69, 9.17) is 16.3 Å². The summed E-state index contributed by atoms with van der Waals surface area (Å²) in [6, 6.07) is 7.46. The van der Waals surface area contributed by atoms with Crippen LogP contribution in [0.15, 0.2) is 24.3 Å². The van der Waals surface area contributed by atoms with Crippen molar-refractivity contribution in [2.75, 3.05) is 13.2 Å². The first kappa shape index (κ1) is 10.9. The summed E-state index contributed by atoms with van der Waals surface area (Å²) in [7, 11) is 0. The van der Waals surface area contributed by atoms with E-state index in [1.54, 1.807) is 0 Å². The summed E-state index contributed by atoms with van der Waals surface area (Å²) in [6.45, 7) is 1.58. The Hall–Kier alpha value is -0.570. The molecule has 2 nitrogen and oxygen atoms in total. The molecule has 0 aliphatic carbocycles. The molecule has 1 heterocycles. The summed E-state index contributed by atoms with van der Waals surface area (Å²) in [5, 5.41) is 10.7. The number of ether oxygens (including phenoxy) is 1. The van der Waals surface area contributed by atoms with E-state index in [0.717, 1.165) is 31.6 Å². The van der Waals surface area contributed by atoms with Crippen LogP contribution >= 0.6 is 11.6 Å². The van der Waals surface area contributed by atoms with E-state index < -0.39 is 6.10 Å². The van der Waals surface area contributed by atoms with E-state index in [2.05, 4.69) is 0 Å². The first-order valence-corrected chi connectivity index (χ1v) is 5.65. The van der Waals surface area contributed by atoms with Crippen molar-refractivity contribution in [1.29, 1.82) is 0 Å². The van der Waals surface area contributed by atoms with E-state index in [-0.39, 0.29) is 0 Å². The average Bonchev–Trinajstić information content (AvgIpc) is 2.71.